The van der Waals surface area contributed by atoms with Gasteiger partial charge in [0.2, 0.25) is 11.9 Å². The van der Waals surface area contributed by atoms with Crippen molar-refractivity contribution in [2.24, 2.45) is 0 Å². The Bertz CT molecular complexity index is 1010. The molecule has 1 fully saturated rings. The Hall–Kier alpha value is -3.15. The van der Waals surface area contributed by atoms with E-state index in [0.717, 1.165) is 23.9 Å². The highest BCUT2D eigenvalue weighted by molar-refractivity contribution is 5.99. The fraction of sp³-hybridized carbons (Fsp3) is 0.348. The van der Waals surface area contributed by atoms with Crippen molar-refractivity contribution in [1.29, 1.82) is 0 Å². The Kier molecular flexibility index (Phi) is 5.60. The minimum atomic E-state index is -0.246. The second kappa shape index (κ2) is 8.47. The molecule has 1 aliphatic rings. The van der Waals surface area contributed by atoms with Gasteiger partial charge in [0.05, 0.1) is 17.6 Å². The summed E-state index contributed by atoms with van der Waals surface area (Å²) in [6.45, 7) is -0.0262. The number of rotatable bonds is 5. The highest BCUT2D eigenvalue weighted by atomic mass is 16.2. The maximum atomic E-state index is 12.7. The average Bonchev–Trinajstić information content (AvgIpc) is 3.12. The number of fused-ring (bicyclic) bond motifs is 1. The summed E-state index contributed by atoms with van der Waals surface area (Å²) >= 11 is 0. The molecule has 1 aliphatic carbocycles. The second-order valence-corrected chi connectivity index (χ2v) is 7.66. The third kappa shape index (κ3) is 4.16. The van der Waals surface area contributed by atoms with E-state index in [0.29, 0.717) is 17.6 Å². The van der Waals surface area contributed by atoms with Gasteiger partial charge in [-0.05, 0) is 37.1 Å². The maximum Gasteiger partial charge on any atom is 0.254 e. The summed E-state index contributed by atoms with van der Waals surface area (Å²) < 4.78 is 2.17. The van der Waals surface area contributed by atoms with Crippen molar-refractivity contribution in [2.75, 3.05) is 18.9 Å². The van der Waals surface area contributed by atoms with Crippen molar-refractivity contribution in [3.05, 3.63) is 60.2 Å². The average molecular weight is 390 g/mol. The van der Waals surface area contributed by atoms with Crippen LogP contribution in [-0.2, 0) is 4.79 Å². The number of anilines is 1. The van der Waals surface area contributed by atoms with Gasteiger partial charge < -0.3 is 9.47 Å². The lowest BCUT2D eigenvalue weighted by molar-refractivity contribution is -0.116. The van der Waals surface area contributed by atoms with E-state index < -0.39 is 0 Å². The molecule has 1 N–H and O–H groups in total. The molecular weight excluding hydrogens is 364 g/mol. The van der Waals surface area contributed by atoms with Gasteiger partial charge in [-0.3, -0.25) is 14.9 Å². The SMILES string of the molecule is CN(CC(=O)Nc1nc2ccccc2n1C1CCCCC1)C(=O)c1ccccc1. The molecule has 0 bridgehead atoms. The minimum absolute atomic E-state index is 0.0262. The zero-order valence-electron chi connectivity index (χ0n) is 16.7. The van der Waals surface area contributed by atoms with Crippen LogP contribution >= 0.6 is 0 Å². The van der Waals surface area contributed by atoms with Crippen LogP contribution in [-0.4, -0.2) is 39.9 Å². The Labute approximate surface area is 170 Å². The van der Waals surface area contributed by atoms with Crippen LogP contribution in [0, 0.1) is 0 Å². The van der Waals surface area contributed by atoms with Crippen LogP contribution in [0.15, 0.2) is 54.6 Å². The first-order valence-electron chi connectivity index (χ1n) is 10.2. The van der Waals surface area contributed by atoms with E-state index in [1.165, 1.54) is 24.2 Å². The fourth-order valence-corrected chi connectivity index (χ4v) is 4.09. The highest BCUT2D eigenvalue weighted by Gasteiger charge is 2.23. The molecule has 2 amide bonds. The smallest absolute Gasteiger partial charge is 0.254 e. The van der Waals surface area contributed by atoms with Crippen LogP contribution in [0.4, 0.5) is 5.95 Å². The van der Waals surface area contributed by atoms with E-state index in [4.69, 9.17) is 0 Å². The fourth-order valence-electron chi connectivity index (χ4n) is 4.09. The first-order valence-corrected chi connectivity index (χ1v) is 10.2. The van der Waals surface area contributed by atoms with E-state index in [9.17, 15) is 9.59 Å². The molecular formula is C23H26N4O2. The van der Waals surface area contributed by atoms with E-state index in [2.05, 4.69) is 20.9 Å². The summed E-state index contributed by atoms with van der Waals surface area (Å²) in [5, 5.41) is 2.95. The van der Waals surface area contributed by atoms with Gasteiger partial charge in [0, 0.05) is 18.7 Å². The first-order chi connectivity index (χ1) is 14.1. The summed E-state index contributed by atoms with van der Waals surface area (Å²) in [5.41, 5.74) is 2.49. The number of carbonyl (C=O) groups is 2. The van der Waals surface area contributed by atoms with Gasteiger partial charge in [-0.15, -0.1) is 0 Å². The molecule has 4 rings (SSSR count). The second-order valence-electron chi connectivity index (χ2n) is 7.66. The Morgan fingerprint density at radius 2 is 1.72 bits per heavy atom. The molecule has 6 heteroatoms. The quantitative estimate of drug-likeness (QED) is 0.708. The molecule has 1 saturated carbocycles. The molecule has 150 valence electrons. The number of aromatic nitrogens is 2. The van der Waals surface area contributed by atoms with Crippen LogP contribution in [0.1, 0.15) is 48.5 Å². The van der Waals surface area contributed by atoms with Crippen molar-refractivity contribution in [1.82, 2.24) is 14.5 Å². The molecule has 0 aliphatic heterocycles. The van der Waals surface area contributed by atoms with E-state index >= 15 is 0 Å². The van der Waals surface area contributed by atoms with Gasteiger partial charge in [0.1, 0.15) is 0 Å². The Morgan fingerprint density at radius 3 is 2.48 bits per heavy atom. The monoisotopic (exact) mass is 390 g/mol. The molecule has 0 radical (unpaired) electrons. The third-order valence-electron chi connectivity index (χ3n) is 5.54. The van der Waals surface area contributed by atoms with Crippen LogP contribution in [0.2, 0.25) is 0 Å². The molecule has 29 heavy (non-hydrogen) atoms. The maximum absolute atomic E-state index is 12.7. The van der Waals surface area contributed by atoms with Crippen LogP contribution in [0.3, 0.4) is 0 Å². The number of likely N-dealkylation sites (N-methyl/N-ethyl adjacent to an activating group) is 1. The summed E-state index contributed by atoms with van der Waals surface area (Å²) in [4.78, 5) is 31.3. The predicted octanol–water partition coefficient (Wildman–Crippen LogP) is 4.25. The topological polar surface area (TPSA) is 67.2 Å². The van der Waals surface area contributed by atoms with Crippen molar-refractivity contribution < 1.29 is 9.59 Å². The number of para-hydroxylation sites is 2. The first kappa shape index (κ1) is 19.2. The lowest BCUT2D eigenvalue weighted by Crippen LogP contribution is -2.35. The number of benzene rings is 2. The van der Waals surface area contributed by atoms with Gasteiger partial charge in [-0.1, -0.05) is 49.6 Å². The number of hydrogen-bond acceptors (Lipinski definition) is 3. The van der Waals surface area contributed by atoms with Crippen LogP contribution < -0.4 is 5.32 Å². The Balaban J connectivity index is 1.52. The largest absolute Gasteiger partial charge is 0.332 e. The zero-order valence-corrected chi connectivity index (χ0v) is 16.7. The van der Waals surface area contributed by atoms with Crippen molar-refractivity contribution in [2.45, 2.75) is 38.1 Å². The van der Waals surface area contributed by atoms with Crippen LogP contribution in [0.25, 0.3) is 11.0 Å². The standard InChI is InChI=1S/C23H26N4O2/c1-26(22(29)17-10-4-2-5-11-17)16-21(28)25-23-24-19-14-8-9-15-20(19)27(23)18-12-6-3-7-13-18/h2,4-5,8-11,14-15,18H,3,6-7,12-13,16H2,1H3,(H,24,25,28). The summed E-state index contributed by atoms with van der Waals surface area (Å²) in [6, 6.07) is 17.3. The van der Waals surface area contributed by atoms with Gasteiger partial charge in [-0.25, -0.2) is 4.98 Å². The molecule has 3 aromatic rings. The van der Waals surface area contributed by atoms with Gasteiger partial charge in [0.15, 0.2) is 0 Å². The molecule has 6 nitrogen and oxygen atoms in total. The van der Waals surface area contributed by atoms with E-state index in [1.807, 2.05) is 36.4 Å². The van der Waals surface area contributed by atoms with Crippen molar-refractivity contribution >= 4 is 28.8 Å². The molecule has 2 aromatic carbocycles. The number of hydrogen-bond donors (Lipinski definition) is 1. The van der Waals surface area contributed by atoms with Gasteiger partial charge in [0.25, 0.3) is 5.91 Å². The minimum Gasteiger partial charge on any atom is -0.332 e. The zero-order chi connectivity index (χ0) is 20.2. The van der Waals surface area contributed by atoms with Crippen LogP contribution in [0.5, 0.6) is 0 Å². The summed E-state index contributed by atoms with van der Waals surface area (Å²) in [7, 11) is 1.64. The van der Waals surface area contributed by atoms with E-state index in [1.54, 1.807) is 19.2 Å². The van der Waals surface area contributed by atoms with Crippen molar-refractivity contribution in [3.8, 4) is 0 Å². The van der Waals surface area contributed by atoms with E-state index in [-0.39, 0.29) is 18.4 Å². The lowest BCUT2D eigenvalue weighted by atomic mass is 9.95. The van der Waals surface area contributed by atoms with Gasteiger partial charge in [-0.2, -0.15) is 0 Å². The highest BCUT2D eigenvalue weighted by Crippen LogP contribution is 2.34. The number of carbonyl (C=O) groups excluding carboxylic acids is 2. The predicted molar refractivity (Wildman–Crippen MR) is 114 cm³/mol. The number of nitrogens with one attached hydrogen (secondary N) is 1. The lowest BCUT2D eigenvalue weighted by Gasteiger charge is -2.25. The Morgan fingerprint density at radius 1 is 1.03 bits per heavy atom. The molecule has 1 heterocycles. The van der Waals surface area contributed by atoms with Crippen molar-refractivity contribution in [3.63, 3.8) is 0 Å². The number of amides is 2. The molecule has 0 unspecified atom stereocenters. The summed E-state index contributed by atoms with van der Waals surface area (Å²) in [5.74, 6) is 0.148. The third-order valence-corrected chi connectivity index (χ3v) is 5.54. The molecule has 0 spiro atoms. The number of nitrogens with zero attached hydrogens (tertiary/aromatic N) is 3. The summed E-state index contributed by atoms with van der Waals surface area (Å²) in [6.07, 6.45) is 5.83. The molecule has 0 saturated heterocycles. The number of imidazole rings is 1. The van der Waals surface area contributed by atoms with Gasteiger partial charge >= 0.3 is 0 Å². The molecule has 1 aromatic heterocycles. The molecule has 0 atom stereocenters. The normalized spacial score (nSPS) is 14.7.